The maximum absolute atomic E-state index is 14.3. The molecule has 2 amide bonds. The fraction of sp³-hybridized carbons (Fsp3) is 0.429. The molecule has 1 aliphatic carbocycles. The normalized spacial score (nSPS) is 16.1. The van der Waals surface area contributed by atoms with Crippen LogP contribution in [-0.2, 0) is 12.8 Å². The van der Waals surface area contributed by atoms with Crippen LogP contribution in [0, 0.1) is 34.6 Å². The van der Waals surface area contributed by atoms with Crippen LogP contribution in [0.15, 0.2) is 0 Å². The third-order valence-electron chi connectivity index (χ3n) is 5.62. The van der Waals surface area contributed by atoms with Crippen molar-refractivity contribution in [2.45, 2.75) is 40.0 Å². The molecule has 1 aliphatic rings. The molecule has 1 aromatic heterocycles. The molecule has 0 radical (unpaired) electrons. The number of rotatable bonds is 4. The quantitative estimate of drug-likeness (QED) is 0.509. The predicted octanol–water partition coefficient (Wildman–Crippen LogP) is 4.82. The summed E-state index contributed by atoms with van der Waals surface area (Å²) in [7, 11) is 0.834. The van der Waals surface area contributed by atoms with Gasteiger partial charge in [-0.25, -0.2) is 8.78 Å². The zero-order chi connectivity index (χ0) is 23.2. The Morgan fingerprint density at radius 1 is 1.06 bits per heavy atom. The molecule has 0 aliphatic heterocycles. The molecular weight excluding hydrogens is 436 g/mol. The van der Waals surface area contributed by atoms with Gasteiger partial charge in [-0.1, -0.05) is 20.8 Å². The van der Waals surface area contributed by atoms with Crippen LogP contribution in [0.1, 0.15) is 58.3 Å². The van der Waals surface area contributed by atoms with Crippen molar-refractivity contribution in [3.63, 3.8) is 0 Å². The number of carbonyl (C=O) groups excluding carboxylic acids is 2. The van der Waals surface area contributed by atoms with Gasteiger partial charge in [0.05, 0.1) is 12.7 Å². The second-order valence-electron chi connectivity index (χ2n) is 8.50. The molecule has 1 aromatic carbocycles. The van der Waals surface area contributed by atoms with Gasteiger partial charge in [0.1, 0.15) is 10.6 Å². The van der Waals surface area contributed by atoms with E-state index in [2.05, 4.69) is 30.8 Å². The smallest absolute Gasteiger partial charge is 0.262 e. The molecule has 5 nitrogen and oxygen atoms in total. The van der Waals surface area contributed by atoms with E-state index in [0.717, 1.165) is 29.7 Å². The minimum atomic E-state index is -1.90. The van der Waals surface area contributed by atoms with Crippen molar-refractivity contribution < 1.29 is 31.9 Å². The molecule has 1 atom stereocenters. The molecule has 10 heteroatoms. The van der Waals surface area contributed by atoms with Crippen LogP contribution >= 0.6 is 11.3 Å². The van der Waals surface area contributed by atoms with Crippen LogP contribution < -0.4 is 15.8 Å². The van der Waals surface area contributed by atoms with Gasteiger partial charge in [-0.15, -0.1) is 11.3 Å². The molecule has 3 N–H and O–H groups in total. The molecule has 2 aromatic rings. The number of nitrogens with two attached hydrogens (primary N) is 1. The minimum Gasteiger partial charge on any atom is -0.491 e. The molecule has 0 fully saturated rings. The summed E-state index contributed by atoms with van der Waals surface area (Å²) in [5.41, 5.74) is 4.79. The third kappa shape index (κ3) is 4.00. The number of anilines is 1. The Balaban J connectivity index is 2.02. The molecule has 0 spiro atoms. The number of nitrogens with one attached hydrogen (secondary N) is 1. The molecule has 0 saturated carbocycles. The lowest BCUT2D eigenvalue weighted by molar-refractivity contribution is 0.1000. The highest BCUT2D eigenvalue weighted by Gasteiger charge is 2.35. The van der Waals surface area contributed by atoms with E-state index in [1.807, 2.05) is 0 Å². The zero-order valence-electron chi connectivity index (χ0n) is 17.4. The standard InChI is InChI=1S/C21H22F4N2O3S/c1-21(2,3)8-5-6-9-10(7-8)31-20(11(9)18(26)28)27-19(29)12-13(22)15(24)17(30-4)16(25)14(12)23/h8H,5-7H2,1-4H3,(H2,26,28)(H,27,29)/t8-/m0/s1. The van der Waals surface area contributed by atoms with Crippen molar-refractivity contribution in [3.8, 4) is 5.75 Å². The highest BCUT2D eigenvalue weighted by molar-refractivity contribution is 7.17. The van der Waals surface area contributed by atoms with E-state index in [9.17, 15) is 27.2 Å². The average molecular weight is 458 g/mol. The van der Waals surface area contributed by atoms with Crippen molar-refractivity contribution in [2.24, 2.45) is 17.1 Å². The number of benzene rings is 1. The van der Waals surface area contributed by atoms with Gasteiger partial charge in [-0.3, -0.25) is 9.59 Å². The zero-order valence-corrected chi connectivity index (χ0v) is 18.2. The summed E-state index contributed by atoms with van der Waals surface area (Å²) in [5.74, 6) is -10.7. The molecule has 0 saturated heterocycles. The lowest BCUT2D eigenvalue weighted by atomic mass is 9.72. The van der Waals surface area contributed by atoms with E-state index >= 15 is 0 Å². The Bertz CT molecular complexity index is 1050. The van der Waals surface area contributed by atoms with Crippen molar-refractivity contribution in [1.82, 2.24) is 0 Å². The number of fused-ring (bicyclic) bond motifs is 1. The monoisotopic (exact) mass is 458 g/mol. The van der Waals surface area contributed by atoms with E-state index < -0.39 is 46.4 Å². The maximum Gasteiger partial charge on any atom is 0.262 e. The summed E-state index contributed by atoms with van der Waals surface area (Å²) in [6.45, 7) is 6.31. The van der Waals surface area contributed by atoms with Crippen LogP contribution in [0.2, 0.25) is 0 Å². The largest absolute Gasteiger partial charge is 0.491 e. The second kappa shape index (κ2) is 8.14. The predicted molar refractivity (Wildman–Crippen MR) is 109 cm³/mol. The Hall–Kier alpha value is -2.62. The maximum atomic E-state index is 14.3. The van der Waals surface area contributed by atoms with Crippen LogP contribution in [0.4, 0.5) is 22.6 Å². The molecule has 0 unspecified atom stereocenters. The molecule has 1 heterocycles. The molecular formula is C21H22F4N2O3S. The van der Waals surface area contributed by atoms with Crippen LogP contribution in [0.25, 0.3) is 0 Å². The third-order valence-corrected chi connectivity index (χ3v) is 6.79. The first-order valence-corrected chi connectivity index (χ1v) is 10.4. The summed E-state index contributed by atoms with van der Waals surface area (Å²) in [6.07, 6.45) is 2.00. The van der Waals surface area contributed by atoms with Gasteiger partial charge < -0.3 is 15.8 Å². The van der Waals surface area contributed by atoms with Gasteiger partial charge >= 0.3 is 0 Å². The molecule has 168 valence electrons. The van der Waals surface area contributed by atoms with Gasteiger partial charge in [0.15, 0.2) is 17.4 Å². The average Bonchev–Trinajstić information content (AvgIpc) is 3.03. The summed E-state index contributed by atoms with van der Waals surface area (Å²) in [5, 5.41) is 2.21. The number of thiophene rings is 1. The number of hydrogen-bond donors (Lipinski definition) is 2. The van der Waals surface area contributed by atoms with Crippen LogP contribution in [0.5, 0.6) is 5.75 Å². The van der Waals surface area contributed by atoms with Crippen molar-refractivity contribution in [3.05, 3.63) is 44.8 Å². The fourth-order valence-corrected chi connectivity index (χ4v) is 5.16. The summed E-state index contributed by atoms with van der Waals surface area (Å²) in [6, 6.07) is 0. The van der Waals surface area contributed by atoms with Crippen molar-refractivity contribution in [1.29, 1.82) is 0 Å². The molecule has 0 bridgehead atoms. The number of halogens is 4. The van der Waals surface area contributed by atoms with Gasteiger partial charge in [0.25, 0.3) is 11.8 Å². The summed E-state index contributed by atoms with van der Waals surface area (Å²) >= 11 is 1.07. The van der Waals surface area contributed by atoms with Crippen molar-refractivity contribution in [2.75, 3.05) is 12.4 Å². The second-order valence-corrected chi connectivity index (χ2v) is 9.60. The molecule has 31 heavy (non-hydrogen) atoms. The number of amides is 2. The first kappa shape index (κ1) is 23.1. The van der Waals surface area contributed by atoms with Crippen LogP contribution in [-0.4, -0.2) is 18.9 Å². The fourth-order valence-electron chi connectivity index (χ4n) is 3.83. The van der Waals surface area contributed by atoms with E-state index in [-0.39, 0.29) is 16.0 Å². The number of methoxy groups -OCH3 is 1. The number of primary amides is 1. The Labute approximate surface area is 180 Å². The van der Waals surface area contributed by atoms with Crippen LogP contribution in [0.3, 0.4) is 0 Å². The molecule has 3 rings (SSSR count). The van der Waals surface area contributed by atoms with E-state index in [4.69, 9.17) is 5.73 Å². The lowest BCUT2D eigenvalue weighted by Gasteiger charge is -2.33. The summed E-state index contributed by atoms with van der Waals surface area (Å²) in [4.78, 5) is 25.5. The van der Waals surface area contributed by atoms with Gasteiger partial charge in [-0.05, 0) is 36.2 Å². The Morgan fingerprint density at radius 2 is 1.65 bits per heavy atom. The SMILES string of the molecule is COc1c(F)c(F)c(C(=O)Nc2sc3c(c2C(N)=O)CC[C@H](C(C)(C)C)C3)c(F)c1F. The Morgan fingerprint density at radius 3 is 2.13 bits per heavy atom. The van der Waals surface area contributed by atoms with Gasteiger partial charge in [0, 0.05) is 4.88 Å². The summed E-state index contributed by atoms with van der Waals surface area (Å²) < 4.78 is 60.9. The van der Waals surface area contributed by atoms with Gasteiger partial charge in [-0.2, -0.15) is 8.78 Å². The number of ether oxygens (including phenoxy) is 1. The highest BCUT2D eigenvalue weighted by Crippen LogP contribution is 2.44. The highest BCUT2D eigenvalue weighted by atomic mass is 32.1. The lowest BCUT2D eigenvalue weighted by Crippen LogP contribution is -2.27. The Kier molecular flexibility index (Phi) is 6.05. The minimum absolute atomic E-state index is 0.00695. The van der Waals surface area contributed by atoms with Gasteiger partial charge in [0.2, 0.25) is 11.6 Å². The number of carbonyl (C=O) groups is 2. The van der Waals surface area contributed by atoms with E-state index in [0.29, 0.717) is 24.3 Å². The van der Waals surface area contributed by atoms with E-state index in [1.54, 1.807) is 0 Å². The van der Waals surface area contributed by atoms with E-state index in [1.165, 1.54) is 0 Å². The topological polar surface area (TPSA) is 81.4 Å². The first-order valence-electron chi connectivity index (χ1n) is 9.54. The first-order chi connectivity index (χ1) is 14.4. The van der Waals surface area contributed by atoms with Crippen molar-refractivity contribution >= 4 is 28.2 Å². The number of hydrogen-bond acceptors (Lipinski definition) is 4.